The summed E-state index contributed by atoms with van der Waals surface area (Å²) in [5, 5.41) is 0. The van der Waals surface area contributed by atoms with Crippen molar-refractivity contribution in [2.24, 2.45) is 0 Å². The summed E-state index contributed by atoms with van der Waals surface area (Å²) in [5.74, 6) is 1.34. The minimum atomic E-state index is 0.0340. The van der Waals surface area contributed by atoms with Crippen LogP contribution in [0, 0.1) is 13.8 Å². The van der Waals surface area contributed by atoms with E-state index in [-0.39, 0.29) is 5.91 Å². The van der Waals surface area contributed by atoms with E-state index in [2.05, 4.69) is 42.3 Å². The summed E-state index contributed by atoms with van der Waals surface area (Å²) in [7, 11) is 2.17. The summed E-state index contributed by atoms with van der Waals surface area (Å²) in [6, 6.07) is 12.9. The molecule has 1 saturated heterocycles. The summed E-state index contributed by atoms with van der Waals surface area (Å²) >= 11 is 0. The van der Waals surface area contributed by atoms with E-state index in [1.54, 1.807) is 0 Å². The van der Waals surface area contributed by atoms with Gasteiger partial charge in [-0.3, -0.25) is 4.79 Å². The highest BCUT2D eigenvalue weighted by atomic mass is 16.4. The number of nitrogens with zero attached hydrogens (tertiary/aromatic N) is 2. The molecule has 2 heterocycles. The molecule has 0 aliphatic carbocycles. The van der Waals surface area contributed by atoms with Gasteiger partial charge in [0.25, 0.3) is 5.91 Å². The van der Waals surface area contributed by atoms with Gasteiger partial charge in [0.2, 0.25) is 0 Å². The SMILES string of the molecule is Cc1cc(C)c(C(=O)N2CCCC(N(C)CCc3ccccc3)C2)o1. The molecule has 1 aromatic heterocycles. The fourth-order valence-electron chi connectivity index (χ4n) is 3.63. The second-order valence-electron chi connectivity index (χ2n) is 7.13. The van der Waals surface area contributed by atoms with Gasteiger partial charge in [-0.25, -0.2) is 0 Å². The zero-order valence-corrected chi connectivity index (χ0v) is 15.5. The van der Waals surface area contributed by atoms with Crippen LogP contribution in [0.25, 0.3) is 0 Å². The Morgan fingerprint density at radius 1 is 1.28 bits per heavy atom. The molecule has 1 aliphatic heterocycles. The Bertz CT molecular complexity index is 708. The monoisotopic (exact) mass is 340 g/mol. The summed E-state index contributed by atoms with van der Waals surface area (Å²) in [6.07, 6.45) is 3.23. The van der Waals surface area contributed by atoms with Crippen molar-refractivity contribution in [1.82, 2.24) is 9.80 Å². The van der Waals surface area contributed by atoms with Crippen LogP contribution in [0.3, 0.4) is 0 Å². The third-order valence-corrected chi connectivity index (χ3v) is 5.14. The number of likely N-dealkylation sites (tertiary alicyclic amines) is 1. The summed E-state index contributed by atoms with van der Waals surface area (Å²) in [5.41, 5.74) is 2.29. The lowest BCUT2D eigenvalue weighted by molar-refractivity contribution is 0.0579. The third kappa shape index (κ3) is 4.31. The van der Waals surface area contributed by atoms with E-state index in [0.717, 1.165) is 50.2 Å². The molecule has 1 fully saturated rings. The average Bonchev–Trinajstić information content (AvgIpc) is 2.98. The van der Waals surface area contributed by atoms with Gasteiger partial charge in [-0.2, -0.15) is 0 Å². The standard InChI is InChI=1S/C21H28N2O2/c1-16-14-17(2)25-20(16)21(24)23-12-7-10-19(15-23)22(3)13-11-18-8-5-4-6-9-18/h4-6,8-9,14,19H,7,10-13,15H2,1-3H3. The maximum atomic E-state index is 12.8. The molecule has 1 atom stereocenters. The molecule has 134 valence electrons. The number of hydrogen-bond acceptors (Lipinski definition) is 3. The van der Waals surface area contributed by atoms with Crippen molar-refractivity contribution >= 4 is 5.91 Å². The molecule has 0 bridgehead atoms. The van der Waals surface area contributed by atoms with E-state index in [0.29, 0.717) is 11.8 Å². The molecule has 1 amide bonds. The van der Waals surface area contributed by atoms with Gasteiger partial charge in [0.15, 0.2) is 5.76 Å². The van der Waals surface area contributed by atoms with Crippen molar-refractivity contribution in [3.8, 4) is 0 Å². The van der Waals surface area contributed by atoms with Crippen LogP contribution < -0.4 is 0 Å². The van der Waals surface area contributed by atoms with E-state index < -0.39 is 0 Å². The molecule has 3 rings (SSSR count). The Morgan fingerprint density at radius 3 is 2.72 bits per heavy atom. The van der Waals surface area contributed by atoms with Crippen LogP contribution in [0.4, 0.5) is 0 Å². The van der Waals surface area contributed by atoms with Crippen molar-refractivity contribution < 1.29 is 9.21 Å². The number of hydrogen-bond donors (Lipinski definition) is 0. The number of benzene rings is 1. The van der Waals surface area contributed by atoms with Crippen LogP contribution in [0.5, 0.6) is 0 Å². The molecular formula is C21H28N2O2. The van der Waals surface area contributed by atoms with E-state index in [1.165, 1.54) is 5.56 Å². The Hall–Kier alpha value is -2.07. The maximum Gasteiger partial charge on any atom is 0.289 e. The predicted molar refractivity (Wildman–Crippen MR) is 99.9 cm³/mol. The maximum absolute atomic E-state index is 12.8. The Morgan fingerprint density at radius 2 is 2.04 bits per heavy atom. The van der Waals surface area contributed by atoms with Crippen LogP contribution in [0.15, 0.2) is 40.8 Å². The number of piperidine rings is 1. The first-order valence-electron chi connectivity index (χ1n) is 9.15. The van der Waals surface area contributed by atoms with Gasteiger partial charge in [-0.05, 0) is 51.8 Å². The number of rotatable bonds is 5. The zero-order chi connectivity index (χ0) is 17.8. The van der Waals surface area contributed by atoms with Crippen molar-refractivity contribution in [1.29, 1.82) is 0 Å². The van der Waals surface area contributed by atoms with Crippen molar-refractivity contribution in [3.05, 3.63) is 59.0 Å². The largest absolute Gasteiger partial charge is 0.456 e. The van der Waals surface area contributed by atoms with E-state index in [9.17, 15) is 4.79 Å². The highest BCUT2D eigenvalue weighted by Gasteiger charge is 2.29. The molecule has 1 aliphatic rings. The van der Waals surface area contributed by atoms with Crippen LogP contribution in [-0.2, 0) is 6.42 Å². The summed E-state index contributed by atoms with van der Waals surface area (Å²) in [4.78, 5) is 17.1. The zero-order valence-electron chi connectivity index (χ0n) is 15.5. The molecule has 4 nitrogen and oxygen atoms in total. The summed E-state index contributed by atoms with van der Waals surface area (Å²) in [6.45, 7) is 6.44. The van der Waals surface area contributed by atoms with Crippen LogP contribution in [0.1, 0.15) is 40.3 Å². The van der Waals surface area contributed by atoms with Gasteiger partial charge in [0, 0.05) is 31.2 Å². The second kappa shape index (κ2) is 7.87. The molecule has 0 saturated carbocycles. The van der Waals surface area contributed by atoms with Crippen molar-refractivity contribution in [3.63, 3.8) is 0 Å². The van der Waals surface area contributed by atoms with E-state index in [1.807, 2.05) is 24.8 Å². The van der Waals surface area contributed by atoms with Crippen LogP contribution >= 0.6 is 0 Å². The molecule has 4 heteroatoms. The lowest BCUT2D eigenvalue weighted by Crippen LogP contribution is -2.49. The smallest absolute Gasteiger partial charge is 0.289 e. The van der Waals surface area contributed by atoms with Gasteiger partial charge in [-0.15, -0.1) is 0 Å². The minimum absolute atomic E-state index is 0.0340. The van der Waals surface area contributed by atoms with Gasteiger partial charge in [0.05, 0.1) is 0 Å². The molecule has 0 radical (unpaired) electrons. The highest BCUT2D eigenvalue weighted by molar-refractivity contribution is 5.93. The molecule has 2 aromatic rings. The minimum Gasteiger partial charge on any atom is -0.456 e. The molecule has 1 unspecified atom stereocenters. The number of aryl methyl sites for hydroxylation is 2. The van der Waals surface area contributed by atoms with E-state index in [4.69, 9.17) is 4.42 Å². The van der Waals surface area contributed by atoms with Gasteiger partial charge < -0.3 is 14.2 Å². The number of carbonyl (C=O) groups is 1. The second-order valence-corrected chi connectivity index (χ2v) is 7.13. The first-order chi connectivity index (χ1) is 12.0. The normalized spacial score (nSPS) is 17.9. The predicted octanol–water partition coefficient (Wildman–Crippen LogP) is 3.68. The molecule has 25 heavy (non-hydrogen) atoms. The van der Waals surface area contributed by atoms with Gasteiger partial charge in [-0.1, -0.05) is 30.3 Å². The first-order valence-corrected chi connectivity index (χ1v) is 9.15. The molecule has 0 N–H and O–H groups in total. The Labute approximate surface area is 150 Å². The number of furan rings is 1. The average molecular weight is 340 g/mol. The topological polar surface area (TPSA) is 36.7 Å². The van der Waals surface area contributed by atoms with Crippen molar-refractivity contribution in [2.45, 2.75) is 39.2 Å². The first kappa shape index (κ1) is 17.7. The Kier molecular flexibility index (Phi) is 5.59. The number of likely N-dealkylation sites (N-methyl/N-ethyl adjacent to an activating group) is 1. The third-order valence-electron chi connectivity index (χ3n) is 5.14. The van der Waals surface area contributed by atoms with Gasteiger partial charge in [0.1, 0.15) is 5.76 Å². The number of amides is 1. The molecule has 0 spiro atoms. The van der Waals surface area contributed by atoms with Crippen LogP contribution in [-0.4, -0.2) is 48.4 Å². The lowest BCUT2D eigenvalue weighted by atomic mass is 10.0. The quantitative estimate of drug-likeness (QED) is 0.833. The van der Waals surface area contributed by atoms with Crippen molar-refractivity contribution in [2.75, 3.05) is 26.7 Å². The summed E-state index contributed by atoms with van der Waals surface area (Å²) < 4.78 is 5.63. The molecule has 1 aromatic carbocycles. The molecular weight excluding hydrogens is 312 g/mol. The lowest BCUT2D eigenvalue weighted by Gasteiger charge is -2.37. The fraction of sp³-hybridized carbons (Fsp3) is 0.476. The Balaban J connectivity index is 1.58. The fourth-order valence-corrected chi connectivity index (χ4v) is 3.63. The number of carbonyl (C=O) groups excluding carboxylic acids is 1. The van der Waals surface area contributed by atoms with E-state index >= 15 is 0 Å². The van der Waals surface area contributed by atoms with Gasteiger partial charge >= 0.3 is 0 Å². The highest BCUT2D eigenvalue weighted by Crippen LogP contribution is 2.21. The van der Waals surface area contributed by atoms with Crippen LogP contribution in [0.2, 0.25) is 0 Å².